The van der Waals surface area contributed by atoms with Gasteiger partial charge in [-0.15, -0.1) is 0 Å². The summed E-state index contributed by atoms with van der Waals surface area (Å²) in [5.74, 6) is -0.0674. The molecular weight excluding hydrogens is 397 g/mol. The summed E-state index contributed by atoms with van der Waals surface area (Å²) in [6.45, 7) is -0.142. The van der Waals surface area contributed by atoms with Crippen LogP contribution in [0.4, 0.5) is 10.1 Å². The number of aryl methyl sites for hydroxylation is 1. The van der Waals surface area contributed by atoms with Crippen molar-refractivity contribution in [2.24, 2.45) is 0 Å². The third-order valence-corrected chi connectivity index (χ3v) is 4.40. The van der Waals surface area contributed by atoms with Crippen LogP contribution < -0.4 is 5.32 Å². The van der Waals surface area contributed by atoms with Crippen molar-refractivity contribution in [2.75, 3.05) is 18.9 Å². The van der Waals surface area contributed by atoms with Gasteiger partial charge in [-0.25, -0.2) is 9.37 Å². The lowest BCUT2D eigenvalue weighted by Crippen LogP contribution is -2.35. The number of hydrogen-bond donors (Lipinski definition) is 1. The molecule has 3 aromatic rings. The van der Waals surface area contributed by atoms with E-state index in [4.69, 9.17) is 16.0 Å². The van der Waals surface area contributed by atoms with Gasteiger partial charge >= 0.3 is 0 Å². The topological polar surface area (TPSA) is 75.4 Å². The maximum absolute atomic E-state index is 13.2. The van der Waals surface area contributed by atoms with Crippen molar-refractivity contribution in [2.45, 2.75) is 12.8 Å². The Morgan fingerprint density at radius 3 is 2.69 bits per heavy atom. The molecule has 2 amide bonds. The first-order valence-corrected chi connectivity index (χ1v) is 9.28. The molecule has 0 atom stereocenters. The summed E-state index contributed by atoms with van der Waals surface area (Å²) in [4.78, 5) is 29.8. The van der Waals surface area contributed by atoms with Gasteiger partial charge in [0.05, 0.1) is 12.7 Å². The van der Waals surface area contributed by atoms with Gasteiger partial charge in [0, 0.05) is 36.2 Å². The minimum absolute atomic E-state index is 0.142. The number of nitrogens with zero attached hydrogens (tertiary/aromatic N) is 2. The molecule has 0 aliphatic heterocycles. The Bertz CT molecular complexity index is 1000. The van der Waals surface area contributed by atoms with Crippen LogP contribution in [0.2, 0.25) is 5.02 Å². The highest BCUT2D eigenvalue weighted by molar-refractivity contribution is 6.30. The van der Waals surface area contributed by atoms with E-state index >= 15 is 0 Å². The van der Waals surface area contributed by atoms with Gasteiger partial charge in [-0.05, 0) is 42.5 Å². The van der Waals surface area contributed by atoms with Crippen LogP contribution in [-0.2, 0) is 16.0 Å². The highest BCUT2D eigenvalue weighted by Crippen LogP contribution is 2.22. The summed E-state index contributed by atoms with van der Waals surface area (Å²) in [5, 5.41) is 3.18. The van der Waals surface area contributed by atoms with Gasteiger partial charge in [-0.2, -0.15) is 0 Å². The highest BCUT2D eigenvalue weighted by atomic mass is 35.5. The Morgan fingerprint density at radius 2 is 1.97 bits per heavy atom. The largest absolute Gasteiger partial charge is 0.441 e. The average Bonchev–Trinajstić information content (AvgIpc) is 3.15. The number of nitrogens with one attached hydrogen (secondary N) is 1. The molecule has 1 aromatic heterocycles. The zero-order valence-corrected chi connectivity index (χ0v) is 16.4. The van der Waals surface area contributed by atoms with Gasteiger partial charge in [0.25, 0.3) is 0 Å². The van der Waals surface area contributed by atoms with Crippen LogP contribution in [-0.4, -0.2) is 35.3 Å². The molecule has 0 aliphatic carbocycles. The summed E-state index contributed by atoms with van der Waals surface area (Å²) in [6.07, 6.45) is 2.05. The minimum Gasteiger partial charge on any atom is -0.441 e. The summed E-state index contributed by atoms with van der Waals surface area (Å²) in [5.41, 5.74) is 1.18. The number of amides is 2. The first-order chi connectivity index (χ1) is 13.9. The van der Waals surface area contributed by atoms with E-state index in [1.54, 1.807) is 24.4 Å². The van der Waals surface area contributed by atoms with Crippen LogP contribution in [0, 0.1) is 5.82 Å². The molecule has 0 saturated heterocycles. The Hall–Kier alpha value is -3.19. The fraction of sp³-hybridized carbons (Fsp3) is 0.190. The molecule has 0 unspecified atom stereocenters. The van der Waals surface area contributed by atoms with Crippen LogP contribution in [0.25, 0.3) is 11.3 Å². The molecule has 1 N–H and O–H groups in total. The van der Waals surface area contributed by atoms with Crippen LogP contribution >= 0.6 is 11.6 Å². The standard InChI is InChI=1S/C21H19ClFN3O3/c1-26(13-19(27)25-17-4-2-3-16(23)11-17)21(28)10-9-20-24-12-18(29-20)14-5-7-15(22)8-6-14/h2-8,11-12H,9-10,13H2,1H3,(H,25,27). The van der Waals surface area contributed by atoms with Gasteiger partial charge in [-0.1, -0.05) is 17.7 Å². The van der Waals surface area contributed by atoms with E-state index in [-0.39, 0.29) is 18.9 Å². The van der Waals surface area contributed by atoms with Gasteiger partial charge in [0.1, 0.15) is 5.82 Å². The monoisotopic (exact) mass is 415 g/mol. The molecular formula is C21H19ClFN3O3. The van der Waals surface area contributed by atoms with Gasteiger partial charge in [0.2, 0.25) is 11.8 Å². The van der Waals surface area contributed by atoms with Crippen LogP contribution in [0.1, 0.15) is 12.3 Å². The van der Waals surface area contributed by atoms with Crippen molar-refractivity contribution in [1.29, 1.82) is 0 Å². The van der Waals surface area contributed by atoms with Crippen LogP contribution in [0.3, 0.4) is 0 Å². The number of halogens is 2. The zero-order chi connectivity index (χ0) is 20.8. The SMILES string of the molecule is CN(CC(=O)Nc1cccc(F)c1)C(=O)CCc1ncc(-c2ccc(Cl)cc2)o1. The van der Waals surface area contributed by atoms with E-state index < -0.39 is 11.7 Å². The lowest BCUT2D eigenvalue weighted by Gasteiger charge is -2.16. The van der Waals surface area contributed by atoms with Crippen LogP contribution in [0.15, 0.2) is 59.1 Å². The molecule has 0 aliphatic rings. The van der Waals surface area contributed by atoms with Crippen molar-refractivity contribution in [3.63, 3.8) is 0 Å². The van der Waals surface area contributed by atoms with Gasteiger partial charge in [0.15, 0.2) is 11.7 Å². The number of aromatic nitrogens is 1. The molecule has 0 fully saturated rings. The van der Waals surface area contributed by atoms with E-state index in [0.717, 1.165) is 5.56 Å². The molecule has 6 nitrogen and oxygen atoms in total. The Labute approximate surface area is 172 Å². The Kier molecular flexibility index (Phi) is 6.61. The molecule has 0 radical (unpaired) electrons. The van der Waals surface area contributed by atoms with Crippen molar-refractivity contribution in [3.8, 4) is 11.3 Å². The number of hydrogen-bond acceptors (Lipinski definition) is 4. The van der Waals surface area contributed by atoms with Crippen molar-refractivity contribution in [3.05, 3.63) is 71.5 Å². The zero-order valence-electron chi connectivity index (χ0n) is 15.7. The smallest absolute Gasteiger partial charge is 0.243 e. The molecule has 29 heavy (non-hydrogen) atoms. The van der Waals surface area contributed by atoms with Crippen molar-refractivity contribution in [1.82, 2.24) is 9.88 Å². The van der Waals surface area contributed by atoms with E-state index in [9.17, 15) is 14.0 Å². The second-order valence-electron chi connectivity index (χ2n) is 6.43. The van der Waals surface area contributed by atoms with Gasteiger partial charge in [-0.3, -0.25) is 9.59 Å². The highest BCUT2D eigenvalue weighted by Gasteiger charge is 2.15. The molecule has 2 aromatic carbocycles. The van der Waals surface area contributed by atoms with Crippen molar-refractivity contribution < 1.29 is 18.4 Å². The normalized spacial score (nSPS) is 10.6. The minimum atomic E-state index is -0.448. The number of likely N-dealkylation sites (N-methyl/N-ethyl adjacent to an activating group) is 1. The maximum Gasteiger partial charge on any atom is 0.243 e. The fourth-order valence-corrected chi connectivity index (χ4v) is 2.77. The predicted octanol–water partition coefficient (Wildman–Crippen LogP) is 4.16. The third-order valence-electron chi connectivity index (χ3n) is 4.15. The summed E-state index contributed by atoms with van der Waals surface area (Å²) in [6, 6.07) is 12.7. The molecule has 0 spiro atoms. The molecule has 0 saturated carbocycles. The molecule has 150 valence electrons. The average molecular weight is 416 g/mol. The molecule has 3 rings (SSSR count). The quantitative estimate of drug-likeness (QED) is 0.628. The van der Waals surface area contributed by atoms with E-state index in [1.165, 1.54) is 30.1 Å². The van der Waals surface area contributed by atoms with E-state index in [0.29, 0.717) is 28.8 Å². The Morgan fingerprint density at radius 1 is 1.21 bits per heavy atom. The summed E-state index contributed by atoms with van der Waals surface area (Å²) in [7, 11) is 1.53. The van der Waals surface area contributed by atoms with Gasteiger partial charge < -0.3 is 14.6 Å². The molecule has 8 heteroatoms. The number of rotatable bonds is 7. The first kappa shape index (κ1) is 20.5. The second kappa shape index (κ2) is 9.34. The van der Waals surface area contributed by atoms with Crippen LogP contribution in [0.5, 0.6) is 0 Å². The molecule has 0 bridgehead atoms. The van der Waals surface area contributed by atoms with E-state index in [2.05, 4.69) is 10.3 Å². The number of carbonyl (C=O) groups excluding carboxylic acids is 2. The number of anilines is 1. The van der Waals surface area contributed by atoms with Crippen molar-refractivity contribution >= 4 is 29.1 Å². The number of oxazole rings is 1. The summed E-state index contributed by atoms with van der Waals surface area (Å²) < 4.78 is 18.8. The van der Waals surface area contributed by atoms with E-state index in [1.807, 2.05) is 12.1 Å². The second-order valence-corrected chi connectivity index (χ2v) is 6.87. The maximum atomic E-state index is 13.2. The third kappa shape index (κ3) is 5.89. The lowest BCUT2D eigenvalue weighted by molar-refractivity contribution is -0.133. The summed E-state index contributed by atoms with van der Waals surface area (Å²) >= 11 is 5.87. The number of benzene rings is 2. The lowest BCUT2D eigenvalue weighted by atomic mass is 10.2. The number of carbonyl (C=O) groups is 2. The Balaban J connectivity index is 1.48. The molecule has 1 heterocycles. The first-order valence-electron chi connectivity index (χ1n) is 8.91. The fourth-order valence-electron chi connectivity index (χ4n) is 2.65. The predicted molar refractivity (Wildman–Crippen MR) is 108 cm³/mol.